The maximum absolute atomic E-state index is 12.6. The highest BCUT2D eigenvalue weighted by atomic mass is 16.5. The zero-order valence-electron chi connectivity index (χ0n) is 16.5. The SMILES string of the molecule is CCCC(C)c1cc(C)c(C(=O)NCc2c(OC)cccc2OC)c(=O)o1. The number of benzene rings is 1. The molecule has 1 amide bonds. The summed E-state index contributed by atoms with van der Waals surface area (Å²) in [6.07, 6.45) is 1.91. The third-order valence-corrected chi connectivity index (χ3v) is 4.56. The number of carbonyl (C=O) groups is 1. The average molecular weight is 373 g/mol. The zero-order valence-corrected chi connectivity index (χ0v) is 16.5. The monoisotopic (exact) mass is 373 g/mol. The Morgan fingerprint density at radius 2 is 1.85 bits per heavy atom. The van der Waals surface area contributed by atoms with E-state index in [1.807, 2.05) is 6.92 Å². The van der Waals surface area contributed by atoms with Crippen LogP contribution in [0, 0.1) is 6.92 Å². The molecule has 0 saturated carbocycles. The molecule has 2 aromatic rings. The van der Waals surface area contributed by atoms with Gasteiger partial charge < -0.3 is 19.2 Å². The summed E-state index contributed by atoms with van der Waals surface area (Å²) in [6.45, 7) is 6.00. The molecule has 1 atom stereocenters. The van der Waals surface area contributed by atoms with Gasteiger partial charge in [0.25, 0.3) is 5.91 Å². The smallest absolute Gasteiger partial charge is 0.349 e. The van der Waals surface area contributed by atoms with Crippen molar-refractivity contribution in [2.75, 3.05) is 14.2 Å². The van der Waals surface area contributed by atoms with Gasteiger partial charge in [0.05, 0.1) is 26.3 Å². The van der Waals surface area contributed by atoms with Gasteiger partial charge in [-0.15, -0.1) is 0 Å². The van der Waals surface area contributed by atoms with E-state index in [9.17, 15) is 9.59 Å². The molecule has 6 heteroatoms. The van der Waals surface area contributed by atoms with Gasteiger partial charge in [-0.2, -0.15) is 0 Å². The summed E-state index contributed by atoms with van der Waals surface area (Å²) in [7, 11) is 3.10. The Labute approximate surface area is 159 Å². The first-order valence-electron chi connectivity index (χ1n) is 9.05. The van der Waals surface area contributed by atoms with Crippen LogP contribution < -0.4 is 20.4 Å². The topological polar surface area (TPSA) is 77.8 Å². The lowest BCUT2D eigenvalue weighted by atomic mass is 10.0. The molecule has 1 aromatic carbocycles. The van der Waals surface area contributed by atoms with Gasteiger partial charge in [0.15, 0.2) is 0 Å². The van der Waals surface area contributed by atoms with Crippen molar-refractivity contribution in [1.82, 2.24) is 5.32 Å². The average Bonchev–Trinajstić information content (AvgIpc) is 2.65. The van der Waals surface area contributed by atoms with Crippen molar-refractivity contribution in [3.63, 3.8) is 0 Å². The largest absolute Gasteiger partial charge is 0.496 e. The standard InChI is InChI=1S/C21H27NO5/c1-6-8-13(2)18-11-14(3)19(21(24)27-18)20(23)22-12-15-16(25-4)9-7-10-17(15)26-5/h7,9-11,13H,6,8,12H2,1-5H3,(H,22,23). The molecule has 6 nitrogen and oxygen atoms in total. The maximum atomic E-state index is 12.6. The Morgan fingerprint density at radius 3 is 2.37 bits per heavy atom. The molecule has 0 aliphatic carbocycles. The minimum Gasteiger partial charge on any atom is -0.496 e. The Bertz CT molecular complexity index is 834. The van der Waals surface area contributed by atoms with Gasteiger partial charge in [0.2, 0.25) is 0 Å². The fraction of sp³-hybridized carbons (Fsp3) is 0.429. The van der Waals surface area contributed by atoms with Crippen LogP contribution in [0.1, 0.15) is 59.9 Å². The molecule has 146 valence electrons. The number of nitrogens with one attached hydrogen (secondary N) is 1. The Kier molecular flexibility index (Phi) is 7.05. The molecule has 0 saturated heterocycles. The van der Waals surface area contributed by atoms with E-state index < -0.39 is 11.5 Å². The van der Waals surface area contributed by atoms with Gasteiger partial charge in [0.1, 0.15) is 22.8 Å². The van der Waals surface area contributed by atoms with Crippen molar-refractivity contribution < 1.29 is 18.7 Å². The van der Waals surface area contributed by atoms with Crippen LogP contribution in [-0.4, -0.2) is 20.1 Å². The van der Waals surface area contributed by atoms with Crippen LogP contribution in [0.25, 0.3) is 0 Å². The molecule has 1 unspecified atom stereocenters. The first kappa shape index (κ1) is 20.6. The molecule has 0 spiro atoms. The number of hydrogen-bond acceptors (Lipinski definition) is 5. The molecule has 2 rings (SSSR count). The molecule has 0 fully saturated rings. The van der Waals surface area contributed by atoms with Crippen molar-refractivity contribution in [3.8, 4) is 11.5 Å². The molecule has 1 aromatic heterocycles. The minimum absolute atomic E-state index is 0.0244. The number of carbonyl (C=O) groups excluding carboxylic acids is 1. The highest BCUT2D eigenvalue weighted by Gasteiger charge is 2.20. The van der Waals surface area contributed by atoms with E-state index in [-0.39, 0.29) is 18.0 Å². The number of methoxy groups -OCH3 is 2. The molecule has 27 heavy (non-hydrogen) atoms. The first-order valence-corrected chi connectivity index (χ1v) is 9.05. The summed E-state index contributed by atoms with van der Waals surface area (Å²) >= 11 is 0. The Morgan fingerprint density at radius 1 is 1.22 bits per heavy atom. The van der Waals surface area contributed by atoms with Crippen molar-refractivity contribution >= 4 is 5.91 Å². The predicted molar refractivity (Wildman–Crippen MR) is 104 cm³/mol. The van der Waals surface area contributed by atoms with Crippen molar-refractivity contribution in [1.29, 1.82) is 0 Å². The Balaban J connectivity index is 2.24. The molecule has 0 bridgehead atoms. The summed E-state index contributed by atoms with van der Waals surface area (Å²) in [5, 5.41) is 2.76. The van der Waals surface area contributed by atoms with E-state index in [2.05, 4.69) is 12.2 Å². The van der Waals surface area contributed by atoms with Gasteiger partial charge in [-0.3, -0.25) is 4.79 Å². The van der Waals surface area contributed by atoms with E-state index >= 15 is 0 Å². The lowest BCUT2D eigenvalue weighted by Crippen LogP contribution is -2.29. The van der Waals surface area contributed by atoms with Crippen LogP contribution in [0.5, 0.6) is 11.5 Å². The second-order valence-corrected chi connectivity index (χ2v) is 6.51. The molecule has 1 N–H and O–H groups in total. The van der Waals surface area contributed by atoms with E-state index in [1.165, 1.54) is 0 Å². The predicted octanol–water partition coefficient (Wildman–Crippen LogP) is 3.80. The summed E-state index contributed by atoms with van der Waals surface area (Å²) in [6, 6.07) is 7.15. The third-order valence-electron chi connectivity index (χ3n) is 4.56. The maximum Gasteiger partial charge on any atom is 0.349 e. The molecule has 0 radical (unpaired) electrons. The molecule has 0 aliphatic heterocycles. The van der Waals surface area contributed by atoms with E-state index in [4.69, 9.17) is 13.9 Å². The number of aryl methyl sites for hydroxylation is 1. The van der Waals surface area contributed by atoms with Crippen molar-refractivity contribution in [2.24, 2.45) is 0 Å². The van der Waals surface area contributed by atoms with Crippen LogP contribution in [0.15, 0.2) is 33.5 Å². The highest BCUT2D eigenvalue weighted by molar-refractivity contribution is 5.95. The summed E-state index contributed by atoms with van der Waals surface area (Å²) in [4.78, 5) is 25.0. The van der Waals surface area contributed by atoms with Gasteiger partial charge in [-0.25, -0.2) is 4.79 Å². The van der Waals surface area contributed by atoms with Crippen LogP contribution >= 0.6 is 0 Å². The van der Waals surface area contributed by atoms with E-state index in [1.54, 1.807) is 45.4 Å². The molecular formula is C21H27NO5. The Hall–Kier alpha value is -2.76. The molecule has 1 heterocycles. The molecule has 0 aliphatic rings. The fourth-order valence-corrected chi connectivity index (χ4v) is 3.08. The van der Waals surface area contributed by atoms with Crippen LogP contribution in [0.2, 0.25) is 0 Å². The number of ether oxygens (including phenoxy) is 2. The third kappa shape index (κ3) is 4.70. The zero-order chi connectivity index (χ0) is 20.0. The van der Waals surface area contributed by atoms with E-state index in [0.29, 0.717) is 28.4 Å². The fourth-order valence-electron chi connectivity index (χ4n) is 3.08. The van der Waals surface area contributed by atoms with Gasteiger partial charge in [0, 0.05) is 5.92 Å². The van der Waals surface area contributed by atoms with Crippen LogP contribution in [0.3, 0.4) is 0 Å². The second-order valence-electron chi connectivity index (χ2n) is 6.51. The van der Waals surface area contributed by atoms with Gasteiger partial charge in [-0.05, 0) is 37.1 Å². The summed E-state index contributed by atoms with van der Waals surface area (Å²) in [5.41, 5.74) is 0.716. The summed E-state index contributed by atoms with van der Waals surface area (Å²) in [5.74, 6) is 1.46. The number of rotatable bonds is 8. The summed E-state index contributed by atoms with van der Waals surface area (Å²) < 4.78 is 16.1. The van der Waals surface area contributed by atoms with Crippen LogP contribution in [-0.2, 0) is 6.54 Å². The quantitative estimate of drug-likeness (QED) is 0.761. The number of hydrogen-bond donors (Lipinski definition) is 1. The first-order chi connectivity index (χ1) is 12.9. The lowest BCUT2D eigenvalue weighted by Gasteiger charge is -2.14. The van der Waals surface area contributed by atoms with Crippen LogP contribution in [0.4, 0.5) is 0 Å². The van der Waals surface area contributed by atoms with E-state index in [0.717, 1.165) is 12.8 Å². The minimum atomic E-state index is -0.613. The molecular weight excluding hydrogens is 346 g/mol. The number of amides is 1. The lowest BCUT2D eigenvalue weighted by molar-refractivity contribution is 0.0945. The van der Waals surface area contributed by atoms with Gasteiger partial charge in [-0.1, -0.05) is 26.3 Å². The normalized spacial score (nSPS) is 11.7. The van der Waals surface area contributed by atoms with Gasteiger partial charge >= 0.3 is 5.63 Å². The highest BCUT2D eigenvalue weighted by Crippen LogP contribution is 2.28. The van der Waals surface area contributed by atoms with Crippen molar-refractivity contribution in [3.05, 3.63) is 57.1 Å². The van der Waals surface area contributed by atoms with Crippen molar-refractivity contribution in [2.45, 2.75) is 46.1 Å². The second kappa shape index (κ2) is 9.26.